The van der Waals surface area contributed by atoms with Gasteiger partial charge < -0.3 is 0 Å². The normalized spacial score (nSPS) is 20.6. The lowest BCUT2D eigenvalue weighted by molar-refractivity contribution is -0.254. The van der Waals surface area contributed by atoms with Gasteiger partial charge in [0.05, 0.1) is 11.1 Å². The van der Waals surface area contributed by atoms with Crippen LogP contribution in [0.1, 0.15) is 52.9 Å². The summed E-state index contributed by atoms with van der Waals surface area (Å²) in [5.74, 6) is -13.3. The molecule has 0 amide bonds. The van der Waals surface area contributed by atoms with E-state index in [1.165, 1.54) is 0 Å². The zero-order valence-corrected chi connectivity index (χ0v) is 23.8. The molecular weight excluding hydrogens is 567 g/mol. The zero-order valence-electron chi connectivity index (χ0n) is 20.5. The van der Waals surface area contributed by atoms with Gasteiger partial charge in [-0.25, -0.2) is 0 Å². The Balaban J connectivity index is 1.78. The molecule has 1 aliphatic heterocycles. The van der Waals surface area contributed by atoms with Gasteiger partial charge in [-0.15, -0.1) is 22.7 Å². The van der Waals surface area contributed by atoms with Crippen molar-refractivity contribution in [1.82, 2.24) is 0 Å². The van der Waals surface area contributed by atoms with Gasteiger partial charge in [-0.1, -0.05) is 24.3 Å². The SMILES string of the molecule is Cc1sc2c(C)c1CSCc1cccc(c1)CSCc1c(C)sc(c1C)C1=C2C(F)(F)C(F)(F)C1(F)F. The molecule has 0 atom stereocenters. The number of hydrogen-bond donors (Lipinski definition) is 0. The molecular formula is C27H24F6S4. The van der Waals surface area contributed by atoms with Crippen molar-refractivity contribution in [1.29, 1.82) is 0 Å². The largest absolute Gasteiger partial charge is 0.380 e. The standard InChI is InChI=1S/C27H24F6S4/c1-13-19-11-34-9-17-6-5-7-18(8-17)10-35-12-20-14(2)24(37-16(20)4)22-21(23(13)36-15(19)3)25(28,29)27(32,33)26(22,30)31/h5-8H,9-12H2,1-4H3. The second kappa shape index (κ2) is 9.38. The topological polar surface area (TPSA) is 0 Å². The number of allylic oxidation sites excluding steroid dienone is 2. The molecule has 0 unspecified atom stereocenters. The number of hydrogen-bond acceptors (Lipinski definition) is 4. The Hall–Kier alpha value is -1.36. The molecule has 3 aromatic rings. The molecule has 0 nitrogen and oxygen atoms in total. The average Bonchev–Trinajstić information content (AvgIpc) is 3.29. The monoisotopic (exact) mass is 590 g/mol. The molecule has 0 radical (unpaired) electrons. The van der Waals surface area contributed by atoms with E-state index in [0.717, 1.165) is 44.9 Å². The summed E-state index contributed by atoms with van der Waals surface area (Å²) >= 11 is 4.98. The quantitative estimate of drug-likeness (QED) is 0.239. The first-order valence-electron chi connectivity index (χ1n) is 11.6. The summed E-state index contributed by atoms with van der Waals surface area (Å²) in [6, 6.07) is 8.23. The summed E-state index contributed by atoms with van der Waals surface area (Å²) in [5.41, 5.74) is 2.05. The van der Waals surface area contributed by atoms with Crippen LogP contribution < -0.4 is 0 Å². The van der Waals surface area contributed by atoms with Crippen molar-refractivity contribution in [2.45, 2.75) is 68.5 Å². The van der Waals surface area contributed by atoms with Crippen LogP contribution in [0, 0.1) is 27.7 Å². The van der Waals surface area contributed by atoms with E-state index in [1.807, 2.05) is 18.2 Å². The lowest BCUT2D eigenvalue weighted by Gasteiger charge is -2.25. The molecule has 6 bridgehead atoms. The fourth-order valence-corrected chi connectivity index (χ4v) is 9.99. The first-order valence-corrected chi connectivity index (χ1v) is 15.5. The van der Waals surface area contributed by atoms with Gasteiger partial charge in [0.25, 0.3) is 0 Å². The van der Waals surface area contributed by atoms with Crippen molar-refractivity contribution >= 4 is 57.3 Å². The molecule has 2 aliphatic rings. The van der Waals surface area contributed by atoms with Crippen molar-refractivity contribution in [2.75, 3.05) is 0 Å². The molecule has 1 aliphatic carbocycles. The molecule has 0 saturated heterocycles. The van der Waals surface area contributed by atoms with Gasteiger partial charge >= 0.3 is 17.8 Å². The van der Waals surface area contributed by atoms with Crippen LogP contribution in [0.25, 0.3) is 11.1 Å². The number of thioether (sulfide) groups is 2. The van der Waals surface area contributed by atoms with E-state index in [0.29, 0.717) is 43.9 Å². The summed E-state index contributed by atoms with van der Waals surface area (Å²) in [6.45, 7) is 6.62. The lowest BCUT2D eigenvalue weighted by Crippen LogP contribution is -2.48. The second-order valence-electron chi connectivity index (χ2n) is 9.46. The Labute approximate surface area is 228 Å². The van der Waals surface area contributed by atoms with Gasteiger partial charge in [0.2, 0.25) is 0 Å². The Kier molecular flexibility index (Phi) is 6.90. The van der Waals surface area contributed by atoms with Crippen LogP contribution in [0.5, 0.6) is 0 Å². The van der Waals surface area contributed by atoms with Crippen molar-refractivity contribution < 1.29 is 26.3 Å². The predicted molar refractivity (Wildman–Crippen MR) is 146 cm³/mol. The third-order valence-electron chi connectivity index (χ3n) is 7.09. The van der Waals surface area contributed by atoms with Crippen LogP contribution in [0.2, 0.25) is 0 Å². The van der Waals surface area contributed by atoms with Crippen molar-refractivity contribution in [3.05, 3.63) is 77.2 Å². The third kappa shape index (κ3) is 4.12. The Bertz CT molecular complexity index is 1310. The maximum absolute atomic E-state index is 15.4. The highest BCUT2D eigenvalue weighted by atomic mass is 32.2. The van der Waals surface area contributed by atoms with E-state index in [-0.39, 0.29) is 9.75 Å². The molecule has 198 valence electrons. The molecule has 3 heterocycles. The molecule has 0 spiro atoms. The smallest absolute Gasteiger partial charge is 0.194 e. The fraction of sp³-hybridized carbons (Fsp3) is 0.407. The number of fused-ring (bicyclic) bond motifs is 8. The zero-order chi connectivity index (χ0) is 26.9. The minimum Gasteiger partial charge on any atom is -0.194 e. The van der Waals surface area contributed by atoms with E-state index in [1.54, 1.807) is 51.2 Å². The van der Waals surface area contributed by atoms with Gasteiger partial charge in [0.1, 0.15) is 0 Å². The summed E-state index contributed by atoms with van der Waals surface area (Å²) in [4.78, 5) is 1.01. The molecule has 5 rings (SSSR count). The fourth-order valence-electron chi connectivity index (χ4n) is 4.97. The van der Waals surface area contributed by atoms with E-state index in [9.17, 15) is 8.78 Å². The van der Waals surface area contributed by atoms with Gasteiger partial charge in [-0.3, -0.25) is 0 Å². The summed E-state index contributed by atoms with van der Waals surface area (Å²) in [6.07, 6.45) is 0. The van der Waals surface area contributed by atoms with E-state index < -0.39 is 28.9 Å². The molecule has 0 fully saturated rings. The molecule has 10 heteroatoms. The molecule has 2 aromatic heterocycles. The summed E-state index contributed by atoms with van der Waals surface area (Å²) in [7, 11) is 0. The lowest BCUT2D eigenvalue weighted by atomic mass is 9.98. The second-order valence-corrected chi connectivity index (χ2v) is 13.9. The minimum atomic E-state index is -5.53. The number of halogens is 6. The van der Waals surface area contributed by atoms with E-state index in [4.69, 9.17) is 0 Å². The van der Waals surface area contributed by atoms with E-state index >= 15 is 17.6 Å². The van der Waals surface area contributed by atoms with Crippen LogP contribution in [0.3, 0.4) is 0 Å². The van der Waals surface area contributed by atoms with Gasteiger partial charge in [0.15, 0.2) is 0 Å². The number of alkyl halides is 6. The highest BCUT2D eigenvalue weighted by molar-refractivity contribution is 7.98. The van der Waals surface area contributed by atoms with Crippen LogP contribution in [-0.2, 0) is 23.0 Å². The van der Waals surface area contributed by atoms with Crippen molar-refractivity contribution in [3.8, 4) is 0 Å². The van der Waals surface area contributed by atoms with Crippen LogP contribution in [0.15, 0.2) is 24.3 Å². The van der Waals surface area contributed by atoms with Crippen LogP contribution in [0.4, 0.5) is 26.3 Å². The Morgan fingerprint density at radius 3 is 1.43 bits per heavy atom. The van der Waals surface area contributed by atoms with Crippen LogP contribution >= 0.6 is 46.2 Å². The van der Waals surface area contributed by atoms with Crippen molar-refractivity contribution in [3.63, 3.8) is 0 Å². The first-order chi connectivity index (χ1) is 17.3. The summed E-state index contributed by atoms with van der Waals surface area (Å²) in [5, 5.41) is 0. The van der Waals surface area contributed by atoms with Crippen LogP contribution in [-0.4, -0.2) is 17.8 Å². The Morgan fingerprint density at radius 1 is 0.622 bits per heavy atom. The Morgan fingerprint density at radius 2 is 1.03 bits per heavy atom. The first kappa shape index (κ1) is 27.2. The van der Waals surface area contributed by atoms with Crippen molar-refractivity contribution in [2.24, 2.45) is 0 Å². The predicted octanol–water partition coefficient (Wildman–Crippen LogP) is 10.1. The molecule has 0 saturated carbocycles. The highest BCUT2D eigenvalue weighted by Gasteiger charge is 2.80. The number of rotatable bonds is 0. The molecule has 37 heavy (non-hydrogen) atoms. The molecule has 0 N–H and O–H groups in total. The summed E-state index contributed by atoms with van der Waals surface area (Å²) < 4.78 is 91.4. The minimum absolute atomic E-state index is 0.169. The maximum Gasteiger partial charge on any atom is 0.380 e. The van der Waals surface area contributed by atoms with Gasteiger partial charge in [0, 0.05) is 42.5 Å². The van der Waals surface area contributed by atoms with Gasteiger partial charge in [-0.2, -0.15) is 49.9 Å². The van der Waals surface area contributed by atoms with E-state index in [2.05, 4.69) is 6.07 Å². The molecule has 1 aromatic carbocycles. The average molecular weight is 591 g/mol. The number of thiophene rings is 2. The number of benzene rings is 1. The maximum atomic E-state index is 15.4. The highest BCUT2D eigenvalue weighted by Crippen LogP contribution is 2.66. The number of aryl methyl sites for hydroxylation is 2. The van der Waals surface area contributed by atoms with Gasteiger partial charge in [-0.05, 0) is 61.1 Å². The third-order valence-corrected chi connectivity index (χ3v) is 11.7.